The summed E-state index contributed by atoms with van der Waals surface area (Å²) >= 11 is 1.36. The molecule has 0 radical (unpaired) electrons. The van der Waals surface area contributed by atoms with Gasteiger partial charge >= 0.3 is 0 Å². The number of carbonyl (C=O) groups excluding carboxylic acids is 2. The summed E-state index contributed by atoms with van der Waals surface area (Å²) in [6, 6.07) is 3.55. The number of thiophene rings is 1. The second-order valence-corrected chi connectivity index (χ2v) is 6.54. The van der Waals surface area contributed by atoms with Crippen molar-refractivity contribution in [2.75, 3.05) is 19.7 Å². The molecular weight excluding hydrogens is 288 g/mol. The highest BCUT2D eigenvalue weighted by Crippen LogP contribution is 2.25. The van der Waals surface area contributed by atoms with Crippen LogP contribution in [-0.4, -0.2) is 37.6 Å². The lowest BCUT2D eigenvalue weighted by atomic mass is 9.93. The van der Waals surface area contributed by atoms with Crippen molar-refractivity contribution in [1.82, 2.24) is 10.6 Å². The zero-order valence-corrected chi connectivity index (χ0v) is 13.2. The first-order valence-corrected chi connectivity index (χ1v) is 8.16. The molecule has 5 nitrogen and oxygen atoms in total. The summed E-state index contributed by atoms with van der Waals surface area (Å²) < 4.78 is 5.69. The summed E-state index contributed by atoms with van der Waals surface area (Å²) in [7, 11) is 0. The van der Waals surface area contributed by atoms with Crippen LogP contribution < -0.4 is 10.6 Å². The minimum absolute atomic E-state index is 0.0106. The zero-order chi connectivity index (χ0) is 15.2. The highest BCUT2D eigenvalue weighted by molar-refractivity contribution is 7.12. The fraction of sp³-hybridized carbons (Fsp3) is 0.600. The van der Waals surface area contributed by atoms with Gasteiger partial charge in [-0.3, -0.25) is 9.59 Å². The van der Waals surface area contributed by atoms with Crippen LogP contribution in [-0.2, 0) is 9.53 Å². The fourth-order valence-corrected chi connectivity index (χ4v) is 3.21. The fourth-order valence-electron chi connectivity index (χ4n) is 2.57. The van der Waals surface area contributed by atoms with Gasteiger partial charge in [-0.2, -0.15) is 0 Å². The maximum Gasteiger partial charge on any atom is 0.261 e. The topological polar surface area (TPSA) is 67.4 Å². The number of amides is 2. The maximum absolute atomic E-state index is 11.8. The normalized spacial score (nSPS) is 21.5. The molecule has 0 aromatic carbocycles. The second kappa shape index (κ2) is 7.56. The van der Waals surface area contributed by atoms with Crippen molar-refractivity contribution in [3.05, 3.63) is 22.4 Å². The van der Waals surface area contributed by atoms with E-state index in [-0.39, 0.29) is 24.5 Å². The van der Waals surface area contributed by atoms with Crippen LogP contribution in [0.1, 0.15) is 29.9 Å². The van der Waals surface area contributed by atoms with Crippen LogP contribution in [0.2, 0.25) is 0 Å². The van der Waals surface area contributed by atoms with E-state index in [1.807, 2.05) is 11.4 Å². The quantitative estimate of drug-likeness (QED) is 0.839. The van der Waals surface area contributed by atoms with E-state index in [2.05, 4.69) is 24.5 Å². The summed E-state index contributed by atoms with van der Waals surface area (Å²) in [5, 5.41) is 7.34. The van der Waals surface area contributed by atoms with Crippen molar-refractivity contribution in [3.63, 3.8) is 0 Å². The molecule has 1 aliphatic rings. The molecule has 0 saturated carbocycles. The Hall–Kier alpha value is -1.40. The van der Waals surface area contributed by atoms with E-state index in [0.717, 1.165) is 13.0 Å². The first-order chi connectivity index (χ1) is 10.1. The second-order valence-electron chi connectivity index (χ2n) is 5.59. The van der Waals surface area contributed by atoms with Crippen molar-refractivity contribution in [3.8, 4) is 0 Å². The van der Waals surface area contributed by atoms with Crippen LogP contribution >= 0.6 is 11.3 Å². The van der Waals surface area contributed by atoms with Gasteiger partial charge in [-0.1, -0.05) is 19.9 Å². The van der Waals surface area contributed by atoms with Gasteiger partial charge in [0.1, 0.15) is 0 Å². The SMILES string of the molecule is CC(C)[C@H]1OCC[C@@H]1CNC(=O)CNC(=O)c1cccs1. The molecule has 6 heteroatoms. The molecule has 2 N–H and O–H groups in total. The molecule has 1 aliphatic heterocycles. The zero-order valence-electron chi connectivity index (χ0n) is 12.4. The van der Waals surface area contributed by atoms with E-state index in [1.165, 1.54) is 11.3 Å². The average molecular weight is 310 g/mol. The minimum Gasteiger partial charge on any atom is -0.378 e. The highest BCUT2D eigenvalue weighted by Gasteiger charge is 2.30. The van der Waals surface area contributed by atoms with E-state index in [4.69, 9.17) is 4.74 Å². The maximum atomic E-state index is 11.8. The van der Waals surface area contributed by atoms with Gasteiger partial charge < -0.3 is 15.4 Å². The summed E-state index contributed by atoms with van der Waals surface area (Å²) in [5.41, 5.74) is 0. The molecule has 2 amide bonds. The number of nitrogens with one attached hydrogen (secondary N) is 2. The monoisotopic (exact) mass is 310 g/mol. The van der Waals surface area contributed by atoms with Crippen LogP contribution in [0.25, 0.3) is 0 Å². The molecule has 2 heterocycles. The number of hydrogen-bond acceptors (Lipinski definition) is 4. The van der Waals surface area contributed by atoms with Gasteiger partial charge in [-0.25, -0.2) is 0 Å². The Morgan fingerprint density at radius 2 is 2.24 bits per heavy atom. The third-order valence-corrected chi connectivity index (χ3v) is 4.51. The summed E-state index contributed by atoms with van der Waals surface area (Å²) in [5.74, 6) is 0.452. The van der Waals surface area contributed by atoms with Crippen LogP contribution in [0.5, 0.6) is 0 Å². The summed E-state index contributed by atoms with van der Waals surface area (Å²) in [6.07, 6.45) is 1.19. The standard InChI is InChI=1S/C15H22N2O3S/c1-10(2)14-11(5-6-20-14)8-16-13(18)9-17-15(19)12-4-3-7-21-12/h3-4,7,10-11,14H,5-6,8-9H2,1-2H3,(H,16,18)(H,17,19)/t11-,14-/m1/s1. The van der Waals surface area contributed by atoms with E-state index < -0.39 is 0 Å². The van der Waals surface area contributed by atoms with Gasteiger partial charge in [0.25, 0.3) is 5.91 Å². The van der Waals surface area contributed by atoms with Crippen molar-refractivity contribution >= 4 is 23.2 Å². The Balaban J connectivity index is 1.69. The molecule has 1 saturated heterocycles. The lowest BCUT2D eigenvalue weighted by Gasteiger charge is -2.22. The molecule has 116 valence electrons. The van der Waals surface area contributed by atoms with Crippen LogP contribution in [0, 0.1) is 11.8 Å². The van der Waals surface area contributed by atoms with Crippen molar-refractivity contribution < 1.29 is 14.3 Å². The molecule has 1 aromatic heterocycles. The van der Waals surface area contributed by atoms with Gasteiger partial charge in [0.2, 0.25) is 5.91 Å². The third-order valence-electron chi connectivity index (χ3n) is 3.64. The van der Waals surface area contributed by atoms with Crippen LogP contribution in [0.3, 0.4) is 0 Å². The lowest BCUT2D eigenvalue weighted by Crippen LogP contribution is -2.40. The first kappa shape index (κ1) is 16.0. The smallest absolute Gasteiger partial charge is 0.261 e. The molecule has 0 spiro atoms. The van der Waals surface area contributed by atoms with Crippen LogP contribution in [0.15, 0.2) is 17.5 Å². The lowest BCUT2D eigenvalue weighted by molar-refractivity contribution is -0.120. The van der Waals surface area contributed by atoms with Gasteiger partial charge in [-0.15, -0.1) is 11.3 Å². The van der Waals surface area contributed by atoms with E-state index >= 15 is 0 Å². The molecule has 2 rings (SSSR count). The van der Waals surface area contributed by atoms with Gasteiger partial charge in [-0.05, 0) is 23.8 Å². The molecule has 0 bridgehead atoms. The van der Waals surface area contributed by atoms with E-state index in [9.17, 15) is 9.59 Å². The predicted octanol–water partition coefficient (Wildman–Crippen LogP) is 1.66. The molecule has 0 unspecified atom stereocenters. The molecular formula is C15H22N2O3S. The summed E-state index contributed by atoms with van der Waals surface area (Å²) in [6.45, 7) is 5.64. The highest BCUT2D eigenvalue weighted by atomic mass is 32.1. The Labute approximate surface area is 129 Å². The predicted molar refractivity (Wildman–Crippen MR) is 82.3 cm³/mol. The van der Waals surface area contributed by atoms with E-state index in [1.54, 1.807) is 6.07 Å². The van der Waals surface area contributed by atoms with Crippen LogP contribution in [0.4, 0.5) is 0 Å². The van der Waals surface area contributed by atoms with Gasteiger partial charge in [0, 0.05) is 19.1 Å². The molecule has 0 aliphatic carbocycles. The largest absolute Gasteiger partial charge is 0.378 e. The van der Waals surface area contributed by atoms with Crippen molar-refractivity contribution in [2.24, 2.45) is 11.8 Å². The van der Waals surface area contributed by atoms with E-state index in [0.29, 0.717) is 23.3 Å². The Bertz CT molecular complexity index is 473. The average Bonchev–Trinajstić information content (AvgIpc) is 3.12. The molecule has 1 fully saturated rings. The number of carbonyl (C=O) groups is 2. The third kappa shape index (κ3) is 4.54. The molecule has 1 aromatic rings. The van der Waals surface area contributed by atoms with Crippen molar-refractivity contribution in [2.45, 2.75) is 26.4 Å². The van der Waals surface area contributed by atoms with Gasteiger partial charge in [0.05, 0.1) is 17.5 Å². The van der Waals surface area contributed by atoms with Gasteiger partial charge in [0.15, 0.2) is 0 Å². The Morgan fingerprint density at radius 1 is 1.43 bits per heavy atom. The minimum atomic E-state index is -0.204. The molecule has 21 heavy (non-hydrogen) atoms. The Kier molecular flexibility index (Phi) is 5.76. The number of hydrogen-bond donors (Lipinski definition) is 2. The molecule has 2 atom stereocenters. The van der Waals surface area contributed by atoms with Crippen molar-refractivity contribution in [1.29, 1.82) is 0 Å². The Morgan fingerprint density at radius 3 is 2.90 bits per heavy atom. The first-order valence-electron chi connectivity index (χ1n) is 7.28. The summed E-state index contributed by atoms with van der Waals surface area (Å²) in [4.78, 5) is 24.1. The number of rotatable bonds is 6. The number of ether oxygens (including phenoxy) is 1.